The maximum atomic E-state index is 10.4. The number of methoxy groups -OCH3 is 1. The molecule has 0 spiro atoms. The molecule has 1 aliphatic rings. The zero-order valence-corrected chi connectivity index (χ0v) is 11.6. The van der Waals surface area contributed by atoms with Crippen LogP contribution in [0, 0.1) is 0 Å². The Labute approximate surface area is 118 Å². The molecule has 0 bridgehead atoms. The van der Waals surface area contributed by atoms with Crippen LogP contribution in [0.3, 0.4) is 0 Å². The van der Waals surface area contributed by atoms with Crippen molar-refractivity contribution in [3.05, 3.63) is 35.4 Å². The molecule has 1 aromatic carbocycles. The van der Waals surface area contributed by atoms with E-state index in [0.717, 1.165) is 24.0 Å². The highest BCUT2D eigenvalue weighted by Gasteiger charge is 2.23. The third-order valence-electron chi connectivity index (χ3n) is 3.39. The second-order valence-corrected chi connectivity index (χ2v) is 4.87. The molecule has 5 heteroatoms. The quantitative estimate of drug-likeness (QED) is 0.865. The molecule has 2 atom stereocenters. The molecule has 110 valence electrons. The number of benzene rings is 1. The number of aliphatic carboxylic acids is 1. The number of ether oxygens (including phenoxy) is 3. The summed E-state index contributed by atoms with van der Waals surface area (Å²) in [5.74, 6) is -0.959. The van der Waals surface area contributed by atoms with Gasteiger partial charge in [0.15, 0.2) is 0 Å². The lowest BCUT2D eigenvalue weighted by molar-refractivity contribution is -0.142. The zero-order valence-electron chi connectivity index (χ0n) is 11.6. The van der Waals surface area contributed by atoms with E-state index >= 15 is 0 Å². The molecule has 0 amide bonds. The first-order valence-electron chi connectivity index (χ1n) is 6.72. The van der Waals surface area contributed by atoms with E-state index in [1.165, 1.54) is 0 Å². The Morgan fingerprint density at radius 2 is 2.35 bits per heavy atom. The summed E-state index contributed by atoms with van der Waals surface area (Å²) in [5.41, 5.74) is 2.04. The van der Waals surface area contributed by atoms with E-state index in [2.05, 4.69) is 0 Å². The van der Waals surface area contributed by atoms with E-state index in [-0.39, 0.29) is 18.8 Å². The van der Waals surface area contributed by atoms with Crippen molar-refractivity contribution in [1.82, 2.24) is 0 Å². The van der Waals surface area contributed by atoms with Crippen molar-refractivity contribution < 1.29 is 24.1 Å². The van der Waals surface area contributed by atoms with Gasteiger partial charge < -0.3 is 19.3 Å². The van der Waals surface area contributed by atoms with Crippen LogP contribution in [-0.4, -0.2) is 37.5 Å². The van der Waals surface area contributed by atoms with E-state index in [0.29, 0.717) is 13.2 Å². The molecular weight excluding hydrogens is 260 g/mol. The van der Waals surface area contributed by atoms with Crippen molar-refractivity contribution >= 4 is 5.97 Å². The van der Waals surface area contributed by atoms with E-state index in [9.17, 15) is 4.79 Å². The number of carboxylic acid groups (broad SMARTS) is 1. The number of hydrogen-bond acceptors (Lipinski definition) is 4. The molecule has 1 heterocycles. The van der Waals surface area contributed by atoms with Gasteiger partial charge in [-0.2, -0.15) is 0 Å². The van der Waals surface area contributed by atoms with Crippen LogP contribution in [0.4, 0.5) is 0 Å². The summed E-state index contributed by atoms with van der Waals surface area (Å²) >= 11 is 0. The van der Waals surface area contributed by atoms with Crippen LogP contribution >= 0.6 is 0 Å². The van der Waals surface area contributed by atoms with E-state index < -0.39 is 5.97 Å². The zero-order chi connectivity index (χ0) is 14.4. The smallest absolute Gasteiger partial charge is 0.329 e. The highest BCUT2D eigenvalue weighted by atomic mass is 16.5. The van der Waals surface area contributed by atoms with Crippen molar-refractivity contribution in [2.75, 3.05) is 20.3 Å². The SMILES string of the molecule is COC1CCOC(c2cccc(COCC(=O)O)c2)C1. The maximum absolute atomic E-state index is 10.4. The van der Waals surface area contributed by atoms with Crippen LogP contribution in [0.2, 0.25) is 0 Å². The first-order chi connectivity index (χ1) is 9.69. The molecule has 0 aromatic heterocycles. The summed E-state index contributed by atoms with van der Waals surface area (Å²) in [6.07, 6.45) is 2.04. The highest BCUT2D eigenvalue weighted by Crippen LogP contribution is 2.29. The Kier molecular flexibility index (Phi) is 5.52. The molecule has 1 aromatic rings. The average Bonchev–Trinajstić information content (AvgIpc) is 2.47. The highest BCUT2D eigenvalue weighted by molar-refractivity contribution is 5.67. The third kappa shape index (κ3) is 4.30. The number of rotatable bonds is 6. The molecule has 1 N–H and O–H groups in total. The minimum atomic E-state index is -0.959. The van der Waals surface area contributed by atoms with Crippen LogP contribution in [-0.2, 0) is 25.6 Å². The minimum absolute atomic E-state index is 0.0353. The fourth-order valence-corrected chi connectivity index (χ4v) is 2.35. The fraction of sp³-hybridized carbons (Fsp3) is 0.533. The monoisotopic (exact) mass is 280 g/mol. The van der Waals surface area contributed by atoms with Gasteiger partial charge in [-0.3, -0.25) is 0 Å². The predicted octanol–water partition coefficient (Wildman–Crippen LogP) is 2.15. The van der Waals surface area contributed by atoms with Crippen molar-refractivity contribution in [2.24, 2.45) is 0 Å². The summed E-state index contributed by atoms with van der Waals surface area (Å²) in [6.45, 7) is 0.708. The first kappa shape index (κ1) is 15.0. The summed E-state index contributed by atoms with van der Waals surface area (Å²) in [5, 5.41) is 8.55. The molecule has 2 unspecified atom stereocenters. The van der Waals surface area contributed by atoms with Crippen molar-refractivity contribution in [3.63, 3.8) is 0 Å². The lowest BCUT2D eigenvalue weighted by Gasteiger charge is -2.29. The third-order valence-corrected chi connectivity index (χ3v) is 3.39. The summed E-state index contributed by atoms with van der Waals surface area (Å²) < 4.78 is 16.3. The Morgan fingerprint density at radius 3 is 3.10 bits per heavy atom. The van der Waals surface area contributed by atoms with Gasteiger partial charge in [-0.05, 0) is 17.5 Å². The van der Waals surface area contributed by atoms with Crippen LogP contribution in [0.5, 0.6) is 0 Å². The summed E-state index contributed by atoms with van der Waals surface area (Å²) in [6, 6.07) is 7.88. The Hall–Kier alpha value is -1.43. The largest absolute Gasteiger partial charge is 0.480 e. The van der Waals surface area contributed by atoms with Crippen LogP contribution in [0.1, 0.15) is 30.1 Å². The molecule has 20 heavy (non-hydrogen) atoms. The number of carboxylic acids is 1. The molecule has 1 fully saturated rings. The standard InChI is InChI=1S/C15H20O5/c1-18-13-5-6-20-14(8-13)12-4-2-3-11(7-12)9-19-10-15(16)17/h2-4,7,13-14H,5-6,8-10H2,1H3,(H,16,17). The number of carbonyl (C=O) groups is 1. The van der Waals surface area contributed by atoms with Crippen molar-refractivity contribution in [3.8, 4) is 0 Å². The summed E-state index contributed by atoms with van der Waals surface area (Å²) in [7, 11) is 1.73. The van der Waals surface area contributed by atoms with Gasteiger partial charge in [0, 0.05) is 20.1 Å². The van der Waals surface area contributed by atoms with Gasteiger partial charge >= 0.3 is 5.97 Å². The van der Waals surface area contributed by atoms with Crippen LogP contribution < -0.4 is 0 Å². The molecule has 1 saturated heterocycles. The van der Waals surface area contributed by atoms with Crippen molar-refractivity contribution in [2.45, 2.75) is 31.7 Å². The van der Waals surface area contributed by atoms with Gasteiger partial charge in [0.25, 0.3) is 0 Å². The summed E-state index contributed by atoms with van der Waals surface area (Å²) in [4.78, 5) is 10.4. The lowest BCUT2D eigenvalue weighted by atomic mass is 9.98. The normalized spacial score (nSPS) is 22.6. The second-order valence-electron chi connectivity index (χ2n) is 4.87. The fourth-order valence-electron chi connectivity index (χ4n) is 2.35. The molecule has 0 saturated carbocycles. The molecule has 5 nitrogen and oxygen atoms in total. The van der Waals surface area contributed by atoms with Gasteiger partial charge in [-0.1, -0.05) is 24.3 Å². The maximum Gasteiger partial charge on any atom is 0.329 e. The van der Waals surface area contributed by atoms with Gasteiger partial charge in [-0.15, -0.1) is 0 Å². The Balaban J connectivity index is 1.96. The van der Waals surface area contributed by atoms with Gasteiger partial charge in [-0.25, -0.2) is 4.79 Å². The molecule has 0 aliphatic carbocycles. The minimum Gasteiger partial charge on any atom is -0.480 e. The molecule has 1 aliphatic heterocycles. The van der Waals surface area contributed by atoms with E-state index in [1.807, 2.05) is 24.3 Å². The number of hydrogen-bond donors (Lipinski definition) is 1. The van der Waals surface area contributed by atoms with Crippen LogP contribution in [0.15, 0.2) is 24.3 Å². The Bertz CT molecular complexity index is 446. The van der Waals surface area contributed by atoms with Gasteiger partial charge in [0.1, 0.15) is 6.61 Å². The molecular formula is C15H20O5. The van der Waals surface area contributed by atoms with Gasteiger partial charge in [0.05, 0.1) is 18.8 Å². The molecule has 2 rings (SSSR count). The second kappa shape index (κ2) is 7.38. The van der Waals surface area contributed by atoms with E-state index in [4.69, 9.17) is 19.3 Å². The van der Waals surface area contributed by atoms with Crippen LogP contribution in [0.25, 0.3) is 0 Å². The lowest BCUT2D eigenvalue weighted by Crippen LogP contribution is -2.25. The van der Waals surface area contributed by atoms with E-state index in [1.54, 1.807) is 7.11 Å². The molecule has 0 radical (unpaired) electrons. The van der Waals surface area contributed by atoms with Crippen molar-refractivity contribution in [1.29, 1.82) is 0 Å². The van der Waals surface area contributed by atoms with Gasteiger partial charge in [0.2, 0.25) is 0 Å². The first-order valence-corrected chi connectivity index (χ1v) is 6.72. The topological polar surface area (TPSA) is 65.0 Å². The predicted molar refractivity (Wildman–Crippen MR) is 72.5 cm³/mol. The average molecular weight is 280 g/mol. The Morgan fingerprint density at radius 1 is 1.50 bits per heavy atom.